The van der Waals surface area contributed by atoms with Crippen LogP contribution >= 0.6 is 0 Å². The van der Waals surface area contributed by atoms with Gasteiger partial charge in [-0.25, -0.2) is 0 Å². The maximum atomic E-state index is 6.69. The van der Waals surface area contributed by atoms with E-state index in [1.54, 1.807) is 0 Å². The fourth-order valence-electron chi connectivity index (χ4n) is 5.67. The van der Waals surface area contributed by atoms with Crippen LogP contribution in [0.25, 0.3) is 0 Å². The number of benzene rings is 2. The lowest BCUT2D eigenvalue weighted by Gasteiger charge is -2.43. The van der Waals surface area contributed by atoms with Crippen molar-refractivity contribution in [3.8, 4) is 0 Å². The van der Waals surface area contributed by atoms with Crippen LogP contribution < -0.4 is 10.5 Å². The maximum absolute atomic E-state index is 6.69. The monoisotopic (exact) mass is 497 g/mol. The summed E-state index contributed by atoms with van der Waals surface area (Å²) in [4.78, 5) is 0. The average molecular weight is 498 g/mol. The molecule has 1 N–H and O–H groups in total. The third-order valence-corrected chi connectivity index (χ3v) is 10.6. The average Bonchev–Trinajstić information content (AvgIpc) is 3.31. The van der Waals surface area contributed by atoms with Crippen LogP contribution in [0.2, 0.25) is 19.1 Å². The van der Waals surface area contributed by atoms with Gasteiger partial charge in [-0.2, -0.15) is 0 Å². The lowest BCUT2D eigenvalue weighted by molar-refractivity contribution is -0.238. The number of rotatable bonds is 7. The smallest absolute Gasteiger partial charge is 0.190 e. The van der Waals surface area contributed by atoms with E-state index in [4.69, 9.17) is 23.7 Å². The first-order valence-electron chi connectivity index (χ1n) is 12.7. The zero-order chi connectivity index (χ0) is 24.8. The fourth-order valence-corrected chi connectivity index (χ4v) is 8.48. The molecule has 3 saturated heterocycles. The summed E-state index contributed by atoms with van der Waals surface area (Å²) < 4.78 is 32.0. The Morgan fingerprint density at radius 1 is 0.771 bits per heavy atom. The first-order valence-corrected chi connectivity index (χ1v) is 15.9. The van der Waals surface area contributed by atoms with Gasteiger partial charge in [-0.05, 0) is 39.3 Å². The predicted octanol–water partition coefficient (Wildman–Crippen LogP) is 4.16. The molecule has 7 heteroatoms. The third-order valence-electron chi connectivity index (χ3n) is 7.28. The van der Waals surface area contributed by atoms with E-state index < -0.39 is 25.9 Å². The molecular formula is C28H39NO5Si. The highest BCUT2D eigenvalue weighted by Crippen LogP contribution is 2.45. The number of hydrogen-bond donors (Lipinski definition) is 1. The minimum absolute atomic E-state index is 0.0512. The number of ether oxygens (including phenoxy) is 5. The van der Waals surface area contributed by atoms with Crippen molar-refractivity contribution in [3.63, 3.8) is 0 Å². The van der Waals surface area contributed by atoms with Crippen molar-refractivity contribution in [2.45, 2.75) is 102 Å². The Balaban J connectivity index is 1.45. The van der Waals surface area contributed by atoms with E-state index in [9.17, 15) is 0 Å². The highest BCUT2D eigenvalue weighted by molar-refractivity contribution is 6.89. The Morgan fingerprint density at radius 3 is 2.03 bits per heavy atom. The van der Waals surface area contributed by atoms with Crippen molar-refractivity contribution >= 4 is 13.3 Å². The molecule has 35 heavy (non-hydrogen) atoms. The molecule has 190 valence electrons. The van der Waals surface area contributed by atoms with E-state index in [1.165, 1.54) is 10.8 Å². The molecular weight excluding hydrogens is 458 g/mol. The van der Waals surface area contributed by atoms with Gasteiger partial charge in [0.2, 0.25) is 0 Å². The minimum Gasteiger partial charge on any atom is -0.342 e. The SMILES string of the molecule is CC1(C)O[C@@H]2[C@H](O1)[C@H]1OC(C)(C)O[C@H]1O[C@@H]2[C@@H](C[Si](C)(C)c1ccccc1)NCc1ccccc1. The Hall–Kier alpha value is -1.58. The molecule has 0 unspecified atom stereocenters. The maximum Gasteiger partial charge on any atom is 0.190 e. The van der Waals surface area contributed by atoms with Gasteiger partial charge in [0.15, 0.2) is 17.9 Å². The molecule has 6 nitrogen and oxygen atoms in total. The van der Waals surface area contributed by atoms with Crippen molar-refractivity contribution in [3.05, 3.63) is 66.2 Å². The molecule has 0 saturated carbocycles. The van der Waals surface area contributed by atoms with Crippen LogP contribution in [0.3, 0.4) is 0 Å². The Labute approximate surface area is 210 Å². The van der Waals surface area contributed by atoms with E-state index >= 15 is 0 Å². The van der Waals surface area contributed by atoms with Crippen molar-refractivity contribution < 1.29 is 23.7 Å². The standard InChI is InChI=1S/C28H39NO5Si/c1-27(2)31-23-22(30-26-25(24(23)32-27)33-28(3,4)34-26)21(29-17-19-13-9-7-10-14-19)18-35(5,6)20-15-11-8-12-16-20/h7-16,21-26,29H,17-18H2,1-6H3/t21-,22-,23+,24+,25-,26-/m1/s1. The number of hydrogen-bond acceptors (Lipinski definition) is 6. The topological polar surface area (TPSA) is 58.2 Å². The van der Waals surface area contributed by atoms with Gasteiger partial charge in [0.05, 0.1) is 8.07 Å². The molecule has 3 aliphatic heterocycles. The second-order valence-corrected chi connectivity index (χ2v) is 16.3. The molecule has 0 amide bonds. The van der Waals surface area contributed by atoms with Crippen LogP contribution in [-0.4, -0.2) is 56.4 Å². The summed E-state index contributed by atoms with van der Waals surface area (Å²) in [6.07, 6.45) is -1.55. The van der Waals surface area contributed by atoms with E-state index in [0.29, 0.717) is 0 Å². The normalized spacial score (nSPS) is 32.1. The zero-order valence-corrected chi connectivity index (χ0v) is 22.7. The van der Waals surface area contributed by atoms with Gasteiger partial charge in [-0.3, -0.25) is 0 Å². The number of nitrogens with one attached hydrogen (secondary N) is 1. The van der Waals surface area contributed by atoms with E-state index in [2.05, 4.69) is 73.0 Å². The molecule has 0 radical (unpaired) electrons. The van der Waals surface area contributed by atoms with Crippen LogP contribution in [0.5, 0.6) is 0 Å². The largest absolute Gasteiger partial charge is 0.342 e. The second kappa shape index (κ2) is 9.38. The first kappa shape index (κ1) is 25.1. The molecule has 0 aromatic heterocycles. The van der Waals surface area contributed by atoms with Crippen LogP contribution in [0, 0.1) is 0 Å². The Bertz CT molecular complexity index is 999. The first-order chi connectivity index (χ1) is 16.5. The van der Waals surface area contributed by atoms with Crippen molar-refractivity contribution in [2.75, 3.05) is 0 Å². The van der Waals surface area contributed by atoms with Crippen LogP contribution in [0.1, 0.15) is 33.3 Å². The molecule has 3 aliphatic rings. The highest BCUT2D eigenvalue weighted by atomic mass is 28.3. The summed E-state index contributed by atoms with van der Waals surface area (Å²) in [6, 6.07) is 22.4. The zero-order valence-electron chi connectivity index (χ0n) is 21.7. The molecule has 3 fully saturated rings. The molecule has 6 atom stereocenters. The number of fused-ring (bicyclic) bond motifs is 3. The van der Waals surface area contributed by atoms with Crippen LogP contribution in [0.15, 0.2) is 60.7 Å². The van der Waals surface area contributed by atoms with Gasteiger partial charge in [-0.15, -0.1) is 0 Å². The van der Waals surface area contributed by atoms with Crippen molar-refractivity contribution in [1.82, 2.24) is 5.32 Å². The van der Waals surface area contributed by atoms with Crippen LogP contribution in [0.4, 0.5) is 0 Å². The van der Waals surface area contributed by atoms with Gasteiger partial charge in [0.1, 0.15) is 24.4 Å². The van der Waals surface area contributed by atoms with E-state index in [0.717, 1.165) is 12.6 Å². The molecule has 2 aromatic carbocycles. The summed E-state index contributed by atoms with van der Waals surface area (Å²) in [6.45, 7) is 13.4. The van der Waals surface area contributed by atoms with Gasteiger partial charge < -0.3 is 29.0 Å². The predicted molar refractivity (Wildman–Crippen MR) is 138 cm³/mol. The van der Waals surface area contributed by atoms with Gasteiger partial charge >= 0.3 is 0 Å². The second-order valence-electron chi connectivity index (χ2n) is 11.6. The fraction of sp³-hybridized carbons (Fsp3) is 0.571. The summed E-state index contributed by atoms with van der Waals surface area (Å²) in [7, 11) is -1.82. The molecule has 2 aromatic rings. The van der Waals surface area contributed by atoms with Crippen LogP contribution in [-0.2, 0) is 30.2 Å². The molecule has 0 aliphatic carbocycles. The molecule has 3 heterocycles. The Kier molecular flexibility index (Phi) is 6.72. The minimum atomic E-state index is -1.82. The molecule has 0 spiro atoms. The quantitative estimate of drug-likeness (QED) is 0.580. The Morgan fingerprint density at radius 2 is 1.34 bits per heavy atom. The van der Waals surface area contributed by atoms with E-state index in [-0.39, 0.29) is 30.5 Å². The lowest BCUT2D eigenvalue weighted by atomic mass is 9.94. The molecule has 0 bridgehead atoms. The third kappa shape index (κ3) is 5.42. The van der Waals surface area contributed by atoms with Crippen molar-refractivity contribution in [2.24, 2.45) is 0 Å². The van der Waals surface area contributed by atoms with Gasteiger partial charge in [0, 0.05) is 12.6 Å². The van der Waals surface area contributed by atoms with Crippen molar-refractivity contribution in [1.29, 1.82) is 0 Å². The summed E-state index contributed by atoms with van der Waals surface area (Å²) >= 11 is 0. The summed E-state index contributed by atoms with van der Waals surface area (Å²) in [5, 5.41) is 5.28. The highest BCUT2D eigenvalue weighted by Gasteiger charge is 2.62. The summed E-state index contributed by atoms with van der Waals surface area (Å²) in [5.74, 6) is -1.44. The van der Waals surface area contributed by atoms with Gasteiger partial charge in [-0.1, -0.05) is 78.9 Å². The van der Waals surface area contributed by atoms with Gasteiger partial charge in [0.25, 0.3) is 0 Å². The lowest BCUT2D eigenvalue weighted by Crippen LogP contribution is -2.62. The molecule has 5 rings (SSSR count). The van der Waals surface area contributed by atoms with E-state index in [1.807, 2.05) is 33.8 Å². The summed E-state index contributed by atoms with van der Waals surface area (Å²) in [5.41, 5.74) is 1.24.